The third-order valence-corrected chi connectivity index (χ3v) is 2.53. The van der Waals surface area contributed by atoms with Gasteiger partial charge in [-0.05, 0) is 35.9 Å². The van der Waals surface area contributed by atoms with E-state index in [1.54, 1.807) is 0 Å². The van der Waals surface area contributed by atoms with Crippen LogP contribution in [-0.2, 0) is 4.79 Å². The maximum atomic E-state index is 13.7. The molecule has 0 radical (unpaired) electrons. The van der Waals surface area contributed by atoms with Crippen molar-refractivity contribution in [3.8, 4) is 11.1 Å². The van der Waals surface area contributed by atoms with Gasteiger partial charge in [-0.2, -0.15) is 0 Å². The minimum absolute atomic E-state index is 0.165. The normalized spacial score (nSPS) is 10.3. The second-order valence-electron chi connectivity index (χ2n) is 4.12. The molecule has 0 atom stereocenters. The van der Waals surface area contributed by atoms with E-state index in [4.69, 9.17) is 5.73 Å². The lowest BCUT2D eigenvalue weighted by Crippen LogP contribution is -2.06. The minimum atomic E-state index is -0.681. The Labute approximate surface area is 109 Å². The number of rotatable bonds is 2. The first-order valence-corrected chi connectivity index (χ1v) is 5.60. The molecule has 0 bridgehead atoms. The van der Waals surface area contributed by atoms with Gasteiger partial charge in [-0.15, -0.1) is 0 Å². The second-order valence-corrected chi connectivity index (χ2v) is 4.12. The Balaban J connectivity index is 2.56. The number of nitrogen functional groups attached to an aromatic ring is 1. The summed E-state index contributed by atoms with van der Waals surface area (Å²) in [6, 6.07) is 8.06. The molecule has 1 amide bonds. The number of hydrogen-bond donors (Lipinski definition) is 2. The van der Waals surface area contributed by atoms with E-state index < -0.39 is 11.6 Å². The minimum Gasteiger partial charge on any atom is -0.399 e. The molecule has 0 aromatic heterocycles. The number of nitrogens with two attached hydrogens (primary N) is 1. The van der Waals surface area contributed by atoms with Crippen LogP contribution in [0.2, 0.25) is 0 Å². The highest BCUT2D eigenvalue weighted by atomic mass is 19.1. The van der Waals surface area contributed by atoms with Crippen LogP contribution < -0.4 is 11.1 Å². The van der Waals surface area contributed by atoms with Crippen LogP contribution in [0, 0.1) is 11.6 Å². The summed E-state index contributed by atoms with van der Waals surface area (Å²) >= 11 is 0. The summed E-state index contributed by atoms with van der Waals surface area (Å²) in [6.45, 7) is 1.34. The first-order valence-electron chi connectivity index (χ1n) is 5.60. The van der Waals surface area contributed by atoms with Crippen LogP contribution in [0.15, 0.2) is 36.4 Å². The molecule has 0 fully saturated rings. The third kappa shape index (κ3) is 2.88. The number of anilines is 2. The fourth-order valence-corrected chi connectivity index (χ4v) is 1.85. The SMILES string of the molecule is CC(=O)Nc1cc(N)cc(-c2c(F)cccc2F)c1. The number of nitrogens with one attached hydrogen (secondary N) is 1. The number of hydrogen-bond acceptors (Lipinski definition) is 2. The molecule has 0 spiro atoms. The number of carbonyl (C=O) groups is 1. The Bertz CT molecular complexity index is 621. The first-order chi connectivity index (χ1) is 8.97. The zero-order chi connectivity index (χ0) is 14.0. The molecule has 0 heterocycles. The van der Waals surface area contributed by atoms with Crippen molar-refractivity contribution in [1.82, 2.24) is 0 Å². The predicted octanol–water partition coefficient (Wildman–Crippen LogP) is 3.17. The van der Waals surface area contributed by atoms with Gasteiger partial charge in [-0.25, -0.2) is 8.78 Å². The van der Waals surface area contributed by atoms with Crippen molar-refractivity contribution in [2.75, 3.05) is 11.1 Å². The number of amides is 1. The molecule has 3 nitrogen and oxygen atoms in total. The largest absolute Gasteiger partial charge is 0.399 e. The Morgan fingerprint density at radius 1 is 1.16 bits per heavy atom. The average molecular weight is 262 g/mol. The smallest absolute Gasteiger partial charge is 0.221 e. The molecule has 3 N–H and O–H groups in total. The van der Waals surface area contributed by atoms with Crippen molar-refractivity contribution in [1.29, 1.82) is 0 Å². The van der Waals surface area contributed by atoms with Crippen LogP contribution in [0.4, 0.5) is 20.2 Å². The van der Waals surface area contributed by atoms with Crippen molar-refractivity contribution in [3.05, 3.63) is 48.0 Å². The summed E-state index contributed by atoms with van der Waals surface area (Å²) in [5.41, 5.74) is 6.49. The maximum Gasteiger partial charge on any atom is 0.221 e. The van der Waals surface area contributed by atoms with E-state index in [1.165, 1.54) is 43.3 Å². The molecule has 0 saturated heterocycles. The Morgan fingerprint density at radius 3 is 2.37 bits per heavy atom. The molecular formula is C14H12F2N2O. The number of halogens is 2. The van der Waals surface area contributed by atoms with E-state index in [0.717, 1.165) is 0 Å². The van der Waals surface area contributed by atoms with Crippen LogP contribution in [-0.4, -0.2) is 5.91 Å². The Kier molecular flexibility index (Phi) is 3.46. The molecular weight excluding hydrogens is 250 g/mol. The zero-order valence-electron chi connectivity index (χ0n) is 10.2. The molecule has 0 aliphatic carbocycles. The molecule has 0 saturated carbocycles. The lowest BCUT2D eigenvalue weighted by Gasteiger charge is -2.09. The summed E-state index contributed by atoms with van der Waals surface area (Å²) in [5, 5.41) is 2.53. The Hall–Kier alpha value is -2.43. The fourth-order valence-electron chi connectivity index (χ4n) is 1.85. The standard InChI is InChI=1S/C14H12F2N2O/c1-8(19)18-11-6-9(5-10(17)7-11)14-12(15)3-2-4-13(14)16/h2-7H,17H2,1H3,(H,18,19). The molecule has 5 heteroatoms. The molecule has 98 valence electrons. The summed E-state index contributed by atoms with van der Waals surface area (Å²) in [5.74, 6) is -1.65. The van der Waals surface area contributed by atoms with Gasteiger partial charge in [-0.3, -0.25) is 4.79 Å². The van der Waals surface area contributed by atoms with E-state index in [0.29, 0.717) is 11.4 Å². The van der Waals surface area contributed by atoms with E-state index in [-0.39, 0.29) is 17.0 Å². The molecule has 2 aromatic rings. The van der Waals surface area contributed by atoms with Crippen molar-refractivity contribution in [3.63, 3.8) is 0 Å². The van der Waals surface area contributed by atoms with Crippen molar-refractivity contribution < 1.29 is 13.6 Å². The molecule has 0 aliphatic heterocycles. The van der Waals surface area contributed by atoms with Gasteiger partial charge in [0.25, 0.3) is 0 Å². The first kappa shape index (κ1) is 13.0. The zero-order valence-corrected chi connectivity index (χ0v) is 10.2. The quantitative estimate of drug-likeness (QED) is 0.817. The topological polar surface area (TPSA) is 55.1 Å². The third-order valence-electron chi connectivity index (χ3n) is 2.53. The second kappa shape index (κ2) is 5.06. The lowest BCUT2D eigenvalue weighted by atomic mass is 10.0. The summed E-state index contributed by atoms with van der Waals surface area (Å²) in [7, 11) is 0. The molecule has 2 rings (SSSR count). The van der Waals surface area contributed by atoms with Crippen molar-refractivity contribution in [2.24, 2.45) is 0 Å². The number of carbonyl (C=O) groups excluding carboxylic acids is 1. The maximum absolute atomic E-state index is 13.7. The fraction of sp³-hybridized carbons (Fsp3) is 0.0714. The molecule has 2 aromatic carbocycles. The number of benzene rings is 2. The molecule has 0 aliphatic rings. The van der Waals surface area contributed by atoms with E-state index in [9.17, 15) is 13.6 Å². The monoisotopic (exact) mass is 262 g/mol. The van der Waals surface area contributed by atoms with Gasteiger partial charge >= 0.3 is 0 Å². The summed E-state index contributed by atoms with van der Waals surface area (Å²) in [6.07, 6.45) is 0. The molecule has 0 unspecified atom stereocenters. The average Bonchev–Trinajstić information content (AvgIpc) is 2.26. The van der Waals surface area contributed by atoms with E-state index in [2.05, 4.69) is 5.32 Å². The lowest BCUT2D eigenvalue weighted by molar-refractivity contribution is -0.114. The van der Waals surface area contributed by atoms with Crippen LogP contribution in [0.5, 0.6) is 0 Å². The van der Waals surface area contributed by atoms with Gasteiger partial charge in [0.2, 0.25) is 5.91 Å². The molecule has 19 heavy (non-hydrogen) atoms. The highest BCUT2D eigenvalue weighted by molar-refractivity contribution is 5.90. The van der Waals surface area contributed by atoms with Crippen LogP contribution in [0.25, 0.3) is 11.1 Å². The van der Waals surface area contributed by atoms with Gasteiger partial charge in [-0.1, -0.05) is 6.07 Å². The van der Waals surface area contributed by atoms with Gasteiger partial charge in [0.05, 0.1) is 5.56 Å². The van der Waals surface area contributed by atoms with Crippen molar-refractivity contribution >= 4 is 17.3 Å². The highest BCUT2D eigenvalue weighted by Crippen LogP contribution is 2.30. The Morgan fingerprint density at radius 2 is 1.79 bits per heavy atom. The van der Waals surface area contributed by atoms with Crippen LogP contribution in [0.3, 0.4) is 0 Å². The van der Waals surface area contributed by atoms with E-state index in [1.807, 2.05) is 0 Å². The van der Waals surface area contributed by atoms with E-state index >= 15 is 0 Å². The van der Waals surface area contributed by atoms with Crippen molar-refractivity contribution in [2.45, 2.75) is 6.92 Å². The highest BCUT2D eigenvalue weighted by Gasteiger charge is 2.12. The predicted molar refractivity (Wildman–Crippen MR) is 70.5 cm³/mol. The summed E-state index contributed by atoms with van der Waals surface area (Å²) < 4.78 is 27.4. The van der Waals surface area contributed by atoms with Gasteiger partial charge in [0, 0.05) is 18.3 Å². The van der Waals surface area contributed by atoms with Gasteiger partial charge in [0.1, 0.15) is 11.6 Å². The van der Waals surface area contributed by atoms with Crippen LogP contribution >= 0.6 is 0 Å². The summed E-state index contributed by atoms with van der Waals surface area (Å²) in [4.78, 5) is 11.0. The van der Waals surface area contributed by atoms with Gasteiger partial charge < -0.3 is 11.1 Å². The van der Waals surface area contributed by atoms with Gasteiger partial charge in [0.15, 0.2) is 0 Å². The van der Waals surface area contributed by atoms with Crippen LogP contribution in [0.1, 0.15) is 6.92 Å².